The molecule has 10 heteroatoms. The summed E-state index contributed by atoms with van der Waals surface area (Å²) >= 11 is 0. The van der Waals surface area contributed by atoms with E-state index in [-0.39, 0.29) is 47.8 Å². The van der Waals surface area contributed by atoms with Crippen LogP contribution in [0.4, 0.5) is 13.2 Å². The van der Waals surface area contributed by atoms with Gasteiger partial charge < -0.3 is 20.4 Å². The van der Waals surface area contributed by atoms with E-state index in [0.717, 1.165) is 25.0 Å². The van der Waals surface area contributed by atoms with E-state index in [9.17, 15) is 28.2 Å². The van der Waals surface area contributed by atoms with Crippen LogP contribution in [0.2, 0.25) is 0 Å². The number of likely N-dealkylation sites (tertiary alicyclic amines) is 1. The Morgan fingerprint density at radius 3 is 2.60 bits per heavy atom. The van der Waals surface area contributed by atoms with Crippen molar-refractivity contribution >= 4 is 5.91 Å². The Labute approximate surface area is 202 Å². The molecule has 1 aliphatic carbocycles. The molecule has 4 rings (SSSR count). The third-order valence-electron chi connectivity index (χ3n) is 7.26. The van der Waals surface area contributed by atoms with Crippen molar-refractivity contribution in [2.45, 2.75) is 57.0 Å². The second-order valence-corrected chi connectivity index (χ2v) is 9.52. The number of carbonyl (C=O) groups excluding carboxylic acids is 1. The molecule has 35 heavy (non-hydrogen) atoms. The van der Waals surface area contributed by atoms with Crippen LogP contribution in [0, 0.1) is 11.8 Å². The number of piperidine rings is 1. The molecular weight excluding hydrogens is 461 g/mol. The van der Waals surface area contributed by atoms with Gasteiger partial charge in [-0.2, -0.15) is 13.2 Å². The summed E-state index contributed by atoms with van der Waals surface area (Å²) in [5.41, 5.74) is 0.158. The van der Waals surface area contributed by atoms with Crippen molar-refractivity contribution in [3.05, 3.63) is 47.8 Å². The second-order valence-electron chi connectivity index (χ2n) is 9.52. The Bertz CT molecular complexity index is 1030. The Morgan fingerprint density at radius 2 is 1.94 bits per heavy atom. The summed E-state index contributed by atoms with van der Waals surface area (Å²) in [6.45, 7) is 2.77. The molecule has 2 aliphatic rings. The number of carbonyl (C=O) groups is 1. The van der Waals surface area contributed by atoms with Gasteiger partial charge in [0.05, 0.1) is 11.7 Å². The Morgan fingerprint density at radius 1 is 1.20 bits per heavy atom. The van der Waals surface area contributed by atoms with E-state index in [4.69, 9.17) is 0 Å². The third kappa shape index (κ3) is 5.99. The van der Waals surface area contributed by atoms with Crippen molar-refractivity contribution < 1.29 is 28.2 Å². The van der Waals surface area contributed by atoms with Crippen molar-refractivity contribution in [1.82, 2.24) is 20.2 Å². The number of aromatic nitrogens is 2. The molecule has 0 unspecified atom stereocenters. The zero-order valence-electron chi connectivity index (χ0n) is 19.6. The average molecular weight is 493 g/mol. The van der Waals surface area contributed by atoms with E-state index >= 15 is 0 Å². The lowest BCUT2D eigenvalue weighted by atomic mass is 9.88. The van der Waals surface area contributed by atoms with E-state index < -0.39 is 17.8 Å². The van der Waals surface area contributed by atoms with Gasteiger partial charge in [0.2, 0.25) is 5.91 Å². The Kier molecular flexibility index (Phi) is 7.73. The fraction of sp³-hybridized carbons (Fsp3) is 0.560. The molecule has 7 nitrogen and oxygen atoms in total. The number of nitrogens with one attached hydrogen (secondary N) is 1. The van der Waals surface area contributed by atoms with Crippen LogP contribution < -0.4 is 5.32 Å². The van der Waals surface area contributed by atoms with Crippen molar-refractivity contribution in [1.29, 1.82) is 0 Å². The molecule has 2 aromatic rings. The zero-order chi connectivity index (χ0) is 25.2. The van der Waals surface area contributed by atoms with Gasteiger partial charge in [-0.3, -0.25) is 4.79 Å². The molecule has 4 atom stereocenters. The highest BCUT2D eigenvalue weighted by atomic mass is 19.4. The highest BCUT2D eigenvalue weighted by Gasteiger charge is 2.43. The monoisotopic (exact) mass is 492 g/mol. The fourth-order valence-electron chi connectivity index (χ4n) is 5.32. The van der Waals surface area contributed by atoms with E-state index in [1.807, 2.05) is 4.90 Å². The molecule has 1 saturated carbocycles. The van der Waals surface area contributed by atoms with Crippen LogP contribution in [0.1, 0.15) is 37.4 Å². The van der Waals surface area contributed by atoms with Crippen molar-refractivity contribution in [2.75, 3.05) is 19.7 Å². The van der Waals surface area contributed by atoms with Crippen LogP contribution in [-0.2, 0) is 17.4 Å². The van der Waals surface area contributed by atoms with Crippen molar-refractivity contribution in [2.24, 2.45) is 11.8 Å². The maximum atomic E-state index is 13.1. The molecule has 1 aromatic heterocycles. The molecule has 1 aliphatic heterocycles. The molecule has 1 saturated heterocycles. The van der Waals surface area contributed by atoms with Crippen LogP contribution in [0.5, 0.6) is 0 Å². The first-order valence-corrected chi connectivity index (χ1v) is 12.0. The minimum absolute atomic E-state index is 0.0528. The predicted octanol–water partition coefficient (Wildman–Crippen LogP) is 2.66. The summed E-state index contributed by atoms with van der Waals surface area (Å²) < 4.78 is 39.4. The summed E-state index contributed by atoms with van der Waals surface area (Å²) in [5.74, 6) is -0.172. The largest absolute Gasteiger partial charge is 0.416 e. The summed E-state index contributed by atoms with van der Waals surface area (Å²) in [5, 5.41) is 24.2. The normalized spacial score (nSPS) is 25.7. The standard InChI is InChI=1S/C25H31F3N4O3/c1-15(34)32-9-6-18(7-10-32)30-22-13-23(35)21(14-33)20(22)12-19-5-8-29-24(31-19)16-3-2-4-17(11-16)25(26,27)28/h2-5,8,11,18,20-23,30,33,35H,6-7,9-10,12-14H2,1H3/t20-,21-,22-,23-/m1/s1. The van der Waals surface area contributed by atoms with Gasteiger partial charge in [0.1, 0.15) is 0 Å². The highest BCUT2D eigenvalue weighted by molar-refractivity contribution is 5.73. The minimum Gasteiger partial charge on any atom is -0.396 e. The minimum atomic E-state index is -4.46. The van der Waals surface area contributed by atoms with Gasteiger partial charge in [0, 0.05) is 62.1 Å². The van der Waals surface area contributed by atoms with Gasteiger partial charge in [-0.25, -0.2) is 9.97 Å². The van der Waals surface area contributed by atoms with E-state index in [2.05, 4.69) is 15.3 Å². The van der Waals surface area contributed by atoms with Crippen LogP contribution in [0.3, 0.4) is 0 Å². The first kappa shape index (κ1) is 25.5. The lowest BCUT2D eigenvalue weighted by Crippen LogP contribution is -2.49. The maximum Gasteiger partial charge on any atom is 0.416 e. The number of rotatable bonds is 6. The lowest BCUT2D eigenvalue weighted by Gasteiger charge is -2.35. The third-order valence-corrected chi connectivity index (χ3v) is 7.26. The van der Waals surface area contributed by atoms with Crippen LogP contribution in [0.25, 0.3) is 11.4 Å². The molecular formula is C25H31F3N4O3. The second kappa shape index (κ2) is 10.6. The predicted molar refractivity (Wildman–Crippen MR) is 123 cm³/mol. The van der Waals surface area contributed by atoms with Gasteiger partial charge >= 0.3 is 6.18 Å². The van der Waals surface area contributed by atoms with E-state index in [1.54, 1.807) is 19.1 Å². The van der Waals surface area contributed by atoms with Crippen molar-refractivity contribution in [3.63, 3.8) is 0 Å². The smallest absolute Gasteiger partial charge is 0.396 e. The SMILES string of the molecule is CC(=O)N1CCC(N[C@@H]2C[C@@H](O)[C@H](CO)[C@H]2Cc2ccnc(-c3cccc(C(F)(F)F)c3)n2)CC1. The molecule has 0 radical (unpaired) electrons. The molecule has 0 bridgehead atoms. The van der Waals surface area contributed by atoms with Gasteiger partial charge in [0.25, 0.3) is 0 Å². The summed E-state index contributed by atoms with van der Waals surface area (Å²) in [7, 11) is 0. The van der Waals surface area contributed by atoms with Crippen LogP contribution >= 0.6 is 0 Å². The summed E-state index contributed by atoms with van der Waals surface area (Å²) in [4.78, 5) is 22.1. The first-order valence-electron chi connectivity index (χ1n) is 12.0. The average Bonchev–Trinajstić information content (AvgIpc) is 3.12. The number of benzene rings is 1. The van der Waals surface area contributed by atoms with Crippen LogP contribution in [0.15, 0.2) is 36.5 Å². The fourth-order valence-corrected chi connectivity index (χ4v) is 5.32. The number of alkyl halides is 3. The van der Waals surface area contributed by atoms with Gasteiger partial charge in [-0.05, 0) is 49.8 Å². The number of amides is 1. The Hall–Kier alpha value is -2.56. The molecule has 1 aromatic carbocycles. The topological polar surface area (TPSA) is 98.6 Å². The number of hydrogen-bond donors (Lipinski definition) is 3. The number of nitrogens with zero attached hydrogens (tertiary/aromatic N) is 3. The molecule has 2 heterocycles. The van der Waals surface area contributed by atoms with Crippen molar-refractivity contribution in [3.8, 4) is 11.4 Å². The summed E-state index contributed by atoms with van der Waals surface area (Å²) in [6.07, 6.45) is -1.02. The number of hydrogen-bond acceptors (Lipinski definition) is 6. The number of aliphatic hydroxyl groups is 2. The number of aliphatic hydroxyl groups excluding tert-OH is 2. The van der Waals surface area contributed by atoms with Gasteiger partial charge in [0.15, 0.2) is 5.82 Å². The van der Waals surface area contributed by atoms with E-state index in [0.29, 0.717) is 31.6 Å². The molecule has 2 fully saturated rings. The maximum absolute atomic E-state index is 13.1. The summed E-state index contributed by atoms with van der Waals surface area (Å²) in [6, 6.07) is 6.79. The number of halogens is 3. The quantitative estimate of drug-likeness (QED) is 0.574. The molecule has 3 N–H and O–H groups in total. The lowest BCUT2D eigenvalue weighted by molar-refractivity contribution is -0.137. The Balaban J connectivity index is 1.50. The van der Waals surface area contributed by atoms with Gasteiger partial charge in [-0.15, -0.1) is 0 Å². The zero-order valence-corrected chi connectivity index (χ0v) is 19.6. The van der Waals surface area contributed by atoms with Crippen LogP contribution in [-0.4, -0.2) is 68.9 Å². The molecule has 1 amide bonds. The first-order chi connectivity index (χ1) is 16.7. The van der Waals surface area contributed by atoms with E-state index in [1.165, 1.54) is 12.3 Å². The molecule has 0 spiro atoms. The highest BCUT2D eigenvalue weighted by Crippen LogP contribution is 2.36. The van der Waals surface area contributed by atoms with Gasteiger partial charge in [-0.1, -0.05) is 12.1 Å². The molecule has 190 valence electrons.